The minimum Gasteiger partial charge on any atom is -0.385 e. The molecule has 1 spiro atoms. The van der Waals surface area contributed by atoms with Gasteiger partial charge in [0.1, 0.15) is 17.0 Å². The SMILES string of the molecule is COCCCC[C@]1(c2ccccc2-c2cccc(F)c2)O[C@@]12CCCN(C(=O)[C@@H]1CC[C@H](N)C1)C2. The first-order valence-corrected chi connectivity index (χ1v) is 13.1. The summed E-state index contributed by atoms with van der Waals surface area (Å²) in [5, 5.41) is 0. The molecule has 3 fully saturated rings. The van der Waals surface area contributed by atoms with Crippen molar-refractivity contribution < 1.29 is 18.7 Å². The molecule has 1 amide bonds. The van der Waals surface area contributed by atoms with E-state index in [0.717, 1.165) is 74.6 Å². The average molecular weight is 481 g/mol. The van der Waals surface area contributed by atoms with Crippen LogP contribution >= 0.6 is 0 Å². The number of nitrogens with two attached hydrogens (primary N) is 1. The molecule has 0 unspecified atom stereocenters. The summed E-state index contributed by atoms with van der Waals surface area (Å²) in [5.41, 5.74) is 8.16. The number of likely N-dealkylation sites (tertiary alicyclic amines) is 1. The van der Waals surface area contributed by atoms with Gasteiger partial charge in [-0.2, -0.15) is 0 Å². The van der Waals surface area contributed by atoms with E-state index in [2.05, 4.69) is 12.1 Å². The molecule has 1 saturated carbocycles. The number of carbonyl (C=O) groups is 1. The number of hydrogen-bond donors (Lipinski definition) is 1. The van der Waals surface area contributed by atoms with Crippen LogP contribution in [0.25, 0.3) is 11.1 Å². The lowest BCUT2D eigenvalue weighted by Crippen LogP contribution is -2.48. The van der Waals surface area contributed by atoms with Crippen LogP contribution in [-0.4, -0.2) is 49.3 Å². The van der Waals surface area contributed by atoms with Gasteiger partial charge < -0.3 is 20.1 Å². The Morgan fingerprint density at radius 2 is 2.06 bits per heavy atom. The number of amides is 1. The van der Waals surface area contributed by atoms with Crippen molar-refractivity contribution in [3.8, 4) is 11.1 Å². The lowest BCUT2D eigenvalue weighted by molar-refractivity contribution is -0.137. The molecule has 2 aliphatic heterocycles. The maximum Gasteiger partial charge on any atom is 0.225 e. The number of rotatable bonds is 8. The van der Waals surface area contributed by atoms with E-state index in [-0.39, 0.29) is 23.7 Å². The lowest BCUT2D eigenvalue weighted by Gasteiger charge is -2.35. The van der Waals surface area contributed by atoms with Crippen molar-refractivity contribution in [2.24, 2.45) is 11.7 Å². The monoisotopic (exact) mass is 480 g/mol. The van der Waals surface area contributed by atoms with Crippen LogP contribution in [0, 0.1) is 11.7 Å². The number of hydrogen-bond acceptors (Lipinski definition) is 4. The van der Waals surface area contributed by atoms with Crippen molar-refractivity contribution in [1.29, 1.82) is 0 Å². The highest BCUT2D eigenvalue weighted by Gasteiger charge is 2.71. The first kappa shape index (κ1) is 24.4. The molecule has 2 heterocycles. The van der Waals surface area contributed by atoms with Crippen LogP contribution in [0.4, 0.5) is 4.39 Å². The number of epoxide rings is 1. The molecular formula is C29H37FN2O3. The zero-order valence-electron chi connectivity index (χ0n) is 20.7. The molecule has 6 heteroatoms. The molecule has 0 aromatic heterocycles. The van der Waals surface area contributed by atoms with Crippen molar-refractivity contribution in [3.63, 3.8) is 0 Å². The van der Waals surface area contributed by atoms with E-state index in [1.54, 1.807) is 19.2 Å². The van der Waals surface area contributed by atoms with E-state index in [9.17, 15) is 9.18 Å². The third kappa shape index (κ3) is 4.64. The highest BCUT2D eigenvalue weighted by Crippen LogP contribution is 2.64. The Labute approximate surface area is 207 Å². The van der Waals surface area contributed by atoms with E-state index in [1.165, 1.54) is 6.07 Å². The Morgan fingerprint density at radius 3 is 2.83 bits per heavy atom. The molecule has 2 aromatic carbocycles. The van der Waals surface area contributed by atoms with Crippen molar-refractivity contribution in [2.45, 2.75) is 68.6 Å². The largest absolute Gasteiger partial charge is 0.385 e. The van der Waals surface area contributed by atoms with Gasteiger partial charge in [0.15, 0.2) is 0 Å². The summed E-state index contributed by atoms with van der Waals surface area (Å²) in [6.07, 6.45) is 7.19. The number of methoxy groups -OCH3 is 1. The third-order valence-corrected chi connectivity index (χ3v) is 8.28. The van der Waals surface area contributed by atoms with Gasteiger partial charge in [-0.15, -0.1) is 0 Å². The zero-order valence-corrected chi connectivity index (χ0v) is 20.7. The predicted octanol–water partition coefficient (Wildman–Crippen LogP) is 5.02. The number of benzene rings is 2. The van der Waals surface area contributed by atoms with E-state index >= 15 is 0 Å². The number of carbonyl (C=O) groups excluding carboxylic acids is 1. The van der Waals surface area contributed by atoms with Crippen LogP contribution in [0.3, 0.4) is 0 Å². The molecule has 2 saturated heterocycles. The second kappa shape index (κ2) is 10.00. The van der Waals surface area contributed by atoms with Gasteiger partial charge in [-0.1, -0.05) is 36.4 Å². The topological polar surface area (TPSA) is 68.1 Å². The van der Waals surface area contributed by atoms with Crippen LogP contribution in [-0.2, 0) is 19.9 Å². The predicted molar refractivity (Wildman–Crippen MR) is 134 cm³/mol. The van der Waals surface area contributed by atoms with Crippen molar-refractivity contribution in [2.75, 3.05) is 26.8 Å². The first-order chi connectivity index (χ1) is 17.0. The van der Waals surface area contributed by atoms with Gasteiger partial charge in [0.2, 0.25) is 5.91 Å². The minimum absolute atomic E-state index is 0.0367. The fraction of sp³-hybridized carbons (Fsp3) is 0.552. The van der Waals surface area contributed by atoms with Crippen LogP contribution in [0.1, 0.15) is 56.9 Å². The van der Waals surface area contributed by atoms with E-state index in [4.69, 9.17) is 15.2 Å². The molecule has 2 aromatic rings. The highest BCUT2D eigenvalue weighted by molar-refractivity contribution is 5.79. The van der Waals surface area contributed by atoms with Crippen LogP contribution in [0.5, 0.6) is 0 Å². The number of ether oxygens (including phenoxy) is 2. The summed E-state index contributed by atoms with van der Waals surface area (Å²) in [4.78, 5) is 15.4. The van der Waals surface area contributed by atoms with E-state index < -0.39 is 11.2 Å². The smallest absolute Gasteiger partial charge is 0.225 e. The second-order valence-corrected chi connectivity index (χ2v) is 10.6. The van der Waals surface area contributed by atoms with E-state index in [0.29, 0.717) is 13.2 Å². The standard InChI is InChI=1S/C29H37FN2O3/c1-34-17-5-4-15-29(26-11-3-2-10-25(26)21-8-6-9-23(30)18-21)28(35-29)14-7-16-32(20-28)27(33)22-12-13-24(31)19-22/h2-3,6,8-11,18,22,24H,4-5,7,12-17,19-20,31H2,1H3/t22-,24+,28-,29-/m1/s1. The van der Waals surface area contributed by atoms with Gasteiger partial charge in [-0.25, -0.2) is 4.39 Å². The molecule has 3 aliphatic rings. The molecule has 2 N–H and O–H groups in total. The Bertz CT molecular complexity index is 1060. The molecular weight excluding hydrogens is 443 g/mol. The summed E-state index contributed by atoms with van der Waals surface area (Å²) < 4.78 is 26.2. The molecule has 0 bridgehead atoms. The average Bonchev–Trinajstić information content (AvgIpc) is 3.24. The fourth-order valence-electron chi connectivity index (χ4n) is 6.51. The maximum atomic E-state index is 14.1. The van der Waals surface area contributed by atoms with Gasteiger partial charge in [-0.3, -0.25) is 4.79 Å². The molecule has 5 nitrogen and oxygen atoms in total. The van der Waals surface area contributed by atoms with Crippen molar-refractivity contribution in [1.82, 2.24) is 4.90 Å². The molecule has 5 rings (SSSR count). The molecule has 0 radical (unpaired) electrons. The van der Waals surface area contributed by atoms with Crippen molar-refractivity contribution >= 4 is 5.91 Å². The number of unbranched alkanes of at least 4 members (excludes halogenated alkanes) is 1. The quantitative estimate of drug-likeness (QED) is 0.425. The maximum absolute atomic E-state index is 14.1. The normalized spacial score (nSPS) is 30.1. The summed E-state index contributed by atoms with van der Waals surface area (Å²) in [6.45, 7) is 2.10. The fourth-order valence-corrected chi connectivity index (χ4v) is 6.51. The summed E-state index contributed by atoms with van der Waals surface area (Å²) in [5.74, 6) is 0.0240. The molecule has 188 valence electrons. The Hall–Kier alpha value is -2.28. The van der Waals surface area contributed by atoms with Gasteiger partial charge in [-0.05, 0) is 80.2 Å². The first-order valence-electron chi connectivity index (χ1n) is 13.1. The number of halogens is 1. The molecule has 4 atom stereocenters. The van der Waals surface area contributed by atoms with Crippen LogP contribution in [0.15, 0.2) is 48.5 Å². The summed E-state index contributed by atoms with van der Waals surface area (Å²) in [7, 11) is 1.73. The second-order valence-electron chi connectivity index (χ2n) is 10.6. The van der Waals surface area contributed by atoms with Gasteiger partial charge >= 0.3 is 0 Å². The van der Waals surface area contributed by atoms with E-state index in [1.807, 2.05) is 23.1 Å². The Morgan fingerprint density at radius 1 is 1.20 bits per heavy atom. The van der Waals surface area contributed by atoms with Gasteiger partial charge in [0.25, 0.3) is 0 Å². The van der Waals surface area contributed by atoms with Crippen LogP contribution < -0.4 is 5.73 Å². The van der Waals surface area contributed by atoms with Gasteiger partial charge in [0.05, 0.1) is 6.54 Å². The van der Waals surface area contributed by atoms with Crippen molar-refractivity contribution in [3.05, 3.63) is 59.9 Å². The summed E-state index contributed by atoms with van der Waals surface area (Å²) in [6, 6.07) is 15.1. The molecule has 35 heavy (non-hydrogen) atoms. The third-order valence-electron chi connectivity index (χ3n) is 8.28. The Kier molecular flexibility index (Phi) is 6.97. The van der Waals surface area contributed by atoms with Crippen LogP contribution in [0.2, 0.25) is 0 Å². The highest BCUT2D eigenvalue weighted by atomic mass is 19.1. The van der Waals surface area contributed by atoms with Gasteiger partial charge in [0, 0.05) is 32.2 Å². The summed E-state index contributed by atoms with van der Waals surface area (Å²) >= 11 is 0. The minimum atomic E-state index is -0.491. The number of nitrogens with zero attached hydrogens (tertiary/aromatic N) is 1. The Balaban J connectivity index is 1.46. The molecule has 1 aliphatic carbocycles. The zero-order chi connectivity index (χ0) is 24.5. The lowest BCUT2D eigenvalue weighted by atomic mass is 9.75. The number of piperidine rings is 1.